The molecule has 0 aliphatic heterocycles. The molecular weight excluding hydrogens is 526 g/mol. The highest BCUT2D eigenvalue weighted by Gasteiger charge is 2.26. The van der Waals surface area contributed by atoms with Gasteiger partial charge in [-0.3, -0.25) is 0 Å². The Morgan fingerprint density at radius 3 is 1.32 bits per heavy atom. The second kappa shape index (κ2) is 9.86. The maximum atomic E-state index is 14.2. The Hall–Kier alpha value is -2.34. The summed E-state index contributed by atoms with van der Waals surface area (Å²) < 4.78 is 36.5. The quantitative estimate of drug-likeness (QED) is 0.237. The Bertz CT molecular complexity index is 1070. The predicted molar refractivity (Wildman–Crippen MR) is 126 cm³/mol. The van der Waals surface area contributed by atoms with Gasteiger partial charge in [0.05, 0.1) is 0 Å². The summed E-state index contributed by atoms with van der Waals surface area (Å²) in [7, 11) is 0. The largest absolute Gasteiger partial charge is 0.356 e. The van der Waals surface area contributed by atoms with Gasteiger partial charge in [0.2, 0.25) is 0 Å². The fourth-order valence-corrected chi connectivity index (χ4v) is 4.39. The zero-order chi connectivity index (χ0) is 21.8. The minimum absolute atomic E-state index is 0.356. The Kier molecular flexibility index (Phi) is 6.96. The van der Waals surface area contributed by atoms with Crippen LogP contribution in [0.15, 0.2) is 106 Å². The molecule has 0 aromatic heterocycles. The first-order valence-electron chi connectivity index (χ1n) is 9.68. The first-order chi connectivity index (χ1) is 15.0. The van der Waals surface area contributed by atoms with Crippen LogP contribution in [-0.4, -0.2) is 0 Å². The van der Waals surface area contributed by atoms with Gasteiger partial charge < -0.3 is 4.74 Å². The molecule has 2 unspecified atom stereocenters. The molecule has 0 N–H and O–H groups in total. The molecular formula is C26H18Br2F2O. The van der Waals surface area contributed by atoms with Gasteiger partial charge in [0.15, 0.2) is 0 Å². The number of ether oxygens (including phenoxy) is 1. The van der Waals surface area contributed by atoms with E-state index in [4.69, 9.17) is 4.74 Å². The van der Waals surface area contributed by atoms with Gasteiger partial charge in [-0.15, -0.1) is 0 Å². The standard InChI is InChI=1S/C26H18Br2F2O/c27-23-13-11-19(29)15-21(23)25(17-7-3-1-4-8-17)31-26(18-9-5-2-6-10-18)22-16-20(30)12-14-24(22)28/h1-16,25-26H. The third-order valence-corrected chi connectivity index (χ3v) is 6.40. The SMILES string of the molecule is Fc1ccc(Br)c(C(OC(c2ccccc2)c2cc(F)ccc2Br)c2ccccc2)c1. The Labute approximate surface area is 197 Å². The minimum Gasteiger partial charge on any atom is -0.356 e. The van der Waals surface area contributed by atoms with Gasteiger partial charge >= 0.3 is 0 Å². The van der Waals surface area contributed by atoms with Crippen molar-refractivity contribution in [2.24, 2.45) is 0 Å². The van der Waals surface area contributed by atoms with Crippen LogP contribution in [0.4, 0.5) is 8.78 Å². The zero-order valence-corrected chi connectivity index (χ0v) is 19.5. The Morgan fingerprint density at radius 2 is 0.935 bits per heavy atom. The highest BCUT2D eigenvalue weighted by atomic mass is 79.9. The number of halogens is 4. The third kappa shape index (κ3) is 5.12. The molecule has 4 aromatic rings. The van der Waals surface area contributed by atoms with Gasteiger partial charge in [0.25, 0.3) is 0 Å². The lowest BCUT2D eigenvalue weighted by molar-refractivity contribution is 0.0298. The van der Waals surface area contributed by atoms with Crippen LogP contribution in [0.25, 0.3) is 0 Å². The Morgan fingerprint density at radius 1 is 0.548 bits per heavy atom. The van der Waals surface area contributed by atoms with Crippen molar-refractivity contribution >= 4 is 31.9 Å². The fraction of sp³-hybridized carbons (Fsp3) is 0.0769. The summed E-state index contributed by atoms with van der Waals surface area (Å²) in [6, 6.07) is 28.3. The van der Waals surface area contributed by atoms with Gasteiger partial charge in [0, 0.05) is 20.1 Å². The number of hydrogen-bond donors (Lipinski definition) is 0. The molecule has 0 saturated heterocycles. The van der Waals surface area contributed by atoms with Crippen molar-refractivity contribution in [3.63, 3.8) is 0 Å². The summed E-state index contributed by atoms with van der Waals surface area (Å²) >= 11 is 7.08. The first-order valence-corrected chi connectivity index (χ1v) is 11.3. The van der Waals surface area contributed by atoms with Crippen molar-refractivity contribution in [2.45, 2.75) is 12.2 Å². The monoisotopic (exact) mass is 542 g/mol. The van der Waals surface area contributed by atoms with Crippen molar-refractivity contribution in [3.05, 3.63) is 140 Å². The van der Waals surface area contributed by atoms with E-state index < -0.39 is 12.2 Å². The van der Waals surface area contributed by atoms with Crippen molar-refractivity contribution in [1.82, 2.24) is 0 Å². The van der Waals surface area contributed by atoms with E-state index >= 15 is 0 Å². The van der Waals surface area contributed by atoms with Crippen LogP contribution < -0.4 is 0 Å². The van der Waals surface area contributed by atoms with Crippen LogP contribution in [0.5, 0.6) is 0 Å². The average Bonchev–Trinajstić information content (AvgIpc) is 2.79. The first kappa shape index (κ1) is 21.9. The molecule has 0 bridgehead atoms. The van der Waals surface area contributed by atoms with Crippen LogP contribution in [-0.2, 0) is 4.74 Å². The van der Waals surface area contributed by atoms with Crippen LogP contribution >= 0.6 is 31.9 Å². The molecule has 4 rings (SSSR count). The summed E-state index contributed by atoms with van der Waals surface area (Å²) in [5, 5.41) is 0. The summed E-state index contributed by atoms with van der Waals surface area (Å²) in [6.07, 6.45) is -1.18. The van der Waals surface area contributed by atoms with E-state index in [2.05, 4.69) is 31.9 Å². The number of hydrogen-bond acceptors (Lipinski definition) is 1. The molecule has 1 nitrogen and oxygen atoms in total. The zero-order valence-electron chi connectivity index (χ0n) is 16.3. The topological polar surface area (TPSA) is 9.23 Å². The molecule has 31 heavy (non-hydrogen) atoms. The molecule has 0 radical (unpaired) electrons. The van der Waals surface area contributed by atoms with E-state index in [0.29, 0.717) is 11.1 Å². The molecule has 5 heteroatoms. The molecule has 0 spiro atoms. The highest BCUT2D eigenvalue weighted by molar-refractivity contribution is 9.10. The molecule has 0 amide bonds. The van der Waals surface area contributed by atoms with E-state index in [0.717, 1.165) is 20.1 Å². The molecule has 0 heterocycles. The molecule has 0 saturated carbocycles. The normalized spacial score (nSPS) is 13.0. The van der Waals surface area contributed by atoms with Crippen molar-refractivity contribution < 1.29 is 13.5 Å². The lowest BCUT2D eigenvalue weighted by Gasteiger charge is -2.28. The molecule has 0 aliphatic carbocycles. The lowest BCUT2D eigenvalue weighted by Crippen LogP contribution is -2.14. The maximum absolute atomic E-state index is 14.2. The van der Waals surface area contributed by atoms with E-state index in [-0.39, 0.29) is 11.6 Å². The summed E-state index contributed by atoms with van der Waals surface area (Å²) in [6.45, 7) is 0. The van der Waals surface area contributed by atoms with E-state index in [1.54, 1.807) is 12.1 Å². The lowest BCUT2D eigenvalue weighted by atomic mass is 9.97. The summed E-state index contributed by atoms with van der Waals surface area (Å²) in [5.41, 5.74) is 3.03. The van der Waals surface area contributed by atoms with Gasteiger partial charge in [0.1, 0.15) is 23.8 Å². The molecule has 156 valence electrons. The third-order valence-electron chi connectivity index (χ3n) is 4.96. The van der Waals surface area contributed by atoms with Gasteiger partial charge in [-0.2, -0.15) is 0 Å². The maximum Gasteiger partial charge on any atom is 0.123 e. The van der Waals surface area contributed by atoms with Crippen LogP contribution in [0.1, 0.15) is 34.5 Å². The second-order valence-corrected chi connectivity index (χ2v) is 8.76. The van der Waals surface area contributed by atoms with E-state index in [1.807, 2.05) is 60.7 Å². The highest BCUT2D eigenvalue weighted by Crippen LogP contribution is 2.40. The van der Waals surface area contributed by atoms with Crippen molar-refractivity contribution in [1.29, 1.82) is 0 Å². The van der Waals surface area contributed by atoms with Crippen LogP contribution in [0, 0.1) is 11.6 Å². The van der Waals surface area contributed by atoms with Gasteiger partial charge in [-0.05, 0) is 47.5 Å². The molecule has 4 aromatic carbocycles. The molecule has 0 aliphatic rings. The van der Waals surface area contributed by atoms with E-state index in [9.17, 15) is 8.78 Å². The second-order valence-electron chi connectivity index (χ2n) is 7.05. The van der Waals surface area contributed by atoms with E-state index in [1.165, 1.54) is 24.3 Å². The van der Waals surface area contributed by atoms with Gasteiger partial charge in [-0.25, -0.2) is 8.78 Å². The number of benzene rings is 4. The van der Waals surface area contributed by atoms with Crippen LogP contribution in [0.3, 0.4) is 0 Å². The number of rotatable bonds is 6. The van der Waals surface area contributed by atoms with Crippen LogP contribution in [0.2, 0.25) is 0 Å². The molecule has 0 fully saturated rings. The fourth-order valence-electron chi connectivity index (χ4n) is 3.49. The predicted octanol–water partition coefficient (Wildman–Crippen LogP) is 8.39. The van der Waals surface area contributed by atoms with Crippen molar-refractivity contribution in [2.75, 3.05) is 0 Å². The van der Waals surface area contributed by atoms with Gasteiger partial charge in [-0.1, -0.05) is 92.5 Å². The van der Waals surface area contributed by atoms with Crippen molar-refractivity contribution in [3.8, 4) is 0 Å². The summed E-state index contributed by atoms with van der Waals surface area (Å²) in [5.74, 6) is -0.711. The minimum atomic E-state index is -0.591. The average molecular weight is 544 g/mol. The Balaban J connectivity index is 1.87. The molecule has 2 atom stereocenters. The summed E-state index contributed by atoms with van der Waals surface area (Å²) in [4.78, 5) is 0. The smallest absolute Gasteiger partial charge is 0.123 e.